The Hall–Kier alpha value is -1.57. The molecule has 13 heavy (non-hydrogen) atoms. The van der Waals surface area contributed by atoms with E-state index < -0.39 is 5.97 Å². The maximum absolute atomic E-state index is 9.51. The van der Waals surface area contributed by atoms with E-state index in [1.54, 1.807) is 6.92 Å². The molecule has 1 rings (SSSR count). The van der Waals surface area contributed by atoms with E-state index in [2.05, 4.69) is 19.1 Å². The first-order valence-corrected chi connectivity index (χ1v) is 4.04. The van der Waals surface area contributed by atoms with Crippen LogP contribution < -0.4 is 0 Å². The molecule has 0 bridgehead atoms. The summed E-state index contributed by atoms with van der Waals surface area (Å²) >= 11 is 0. The highest BCUT2D eigenvalue weighted by Gasteiger charge is 1.76. The summed E-state index contributed by atoms with van der Waals surface area (Å²) in [4.78, 5) is 9.51. The quantitative estimate of drug-likeness (QED) is 0.671. The fraction of sp³-hybridized carbons (Fsp3) is 0.182. The van der Waals surface area contributed by atoms with Crippen LogP contribution in [0.2, 0.25) is 0 Å². The van der Waals surface area contributed by atoms with E-state index in [1.807, 2.05) is 18.2 Å². The topological polar surface area (TPSA) is 37.3 Å². The van der Waals surface area contributed by atoms with Crippen molar-refractivity contribution in [2.75, 3.05) is 0 Å². The van der Waals surface area contributed by atoms with E-state index in [0.29, 0.717) is 0 Å². The molecule has 0 aliphatic heterocycles. The van der Waals surface area contributed by atoms with Crippen LogP contribution in [0, 0.1) is 6.92 Å². The summed E-state index contributed by atoms with van der Waals surface area (Å²) in [5.74, 6) is -0.891. The first-order chi connectivity index (χ1) is 6.16. The Bertz CT molecular complexity index is 263. The van der Waals surface area contributed by atoms with Gasteiger partial charge in [0.15, 0.2) is 0 Å². The SMILES string of the molecule is CC=CC(=O)O.Cc1ccccc1. The van der Waals surface area contributed by atoms with Crippen molar-refractivity contribution >= 4 is 5.97 Å². The van der Waals surface area contributed by atoms with E-state index in [9.17, 15) is 4.79 Å². The van der Waals surface area contributed by atoms with Gasteiger partial charge in [-0.05, 0) is 13.8 Å². The van der Waals surface area contributed by atoms with Crippen molar-refractivity contribution in [3.63, 3.8) is 0 Å². The fourth-order valence-corrected chi connectivity index (χ4v) is 0.677. The van der Waals surface area contributed by atoms with E-state index in [-0.39, 0.29) is 0 Å². The number of carboxylic acid groups (broad SMARTS) is 1. The van der Waals surface area contributed by atoms with Gasteiger partial charge in [0.25, 0.3) is 0 Å². The average Bonchev–Trinajstić information content (AvgIpc) is 2.06. The molecule has 1 N–H and O–H groups in total. The lowest BCUT2D eigenvalue weighted by molar-refractivity contribution is -0.131. The van der Waals surface area contributed by atoms with E-state index in [4.69, 9.17) is 5.11 Å². The fourth-order valence-electron chi connectivity index (χ4n) is 0.677. The van der Waals surface area contributed by atoms with Crippen LogP contribution in [0.4, 0.5) is 0 Å². The maximum Gasteiger partial charge on any atom is 0.327 e. The normalized spacial score (nSPS) is 9.08. The molecule has 0 heterocycles. The molecular formula is C11H14O2. The lowest BCUT2D eigenvalue weighted by Crippen LogP contribution is -1.83. The van der Waals surface area contributed by atoms with Gasteiger partial charge in [-0.3, -0.25) is 0 Å². The molecule has 0 atom stereocenters. The number of allylic oxidation sites excluding steroid dienone is 1. The summed E-state index contributed by atoms with van der Waals surface area (Å²) in [6.07, 6.45) is 2.56. The third kappa shape index (κ3) is 8.34. The molecule has 2 heteroatoms. The third-order valence-electron chi connectivity index (χ3n) is 1.25. The number of hydrogen-bond donors (Lipinski definition) is 1. The summed E-state index contributed by atoms with van der Waals surface area (Å²) in [6.45, 7) is 3.74. The number of aliphatic carboxylic acids is 1. The Labute approximate surface area is 78.5 Å². The van der Waals surface area contributed by atoms with Crippen LogP contribution in [0.1, 0.15) is 12.5 Å². The molecule has 0 spiro atoms. The predicted molar refractivity (Wildman–Crippen MR) is 53.6 cm³/mol. The summed E-state index contributed by atoms with van der Waals surface area (Å²) in [6, 6.07) is 10.3. The molecule has 0 saturated heterocycles. The van der Waals surface area contributed by atoms with E-state index in [0.717, 1.165) is 6.08 Å². The van der Waals surface area contributed by atoms with Gasteiger partial charge in [0, 0.05) is 6.08 Å². The molecule has 0 amide bonds. The molecule has 0 radical (unpaired) electrons. The first-order valence-electron chi connectivity index (χ1n) is 4.04. The monoisotopic (exact) mass is 178 g/mol. The van der Waals surface area contributed by atoms with Gasteiger partial charge in [0.2, 0.25) is 0 Å². The molecule has 1 aromatic carbocycles. The molecule has 0 aliphatic carbocycles. The molecular weight excluding hydrogens is 164 g/mol. The summed E-state index contributed by atoms with van der Waals surface area (Å²) in [7, 11) is 0. The van der Waals surface area contributed by atoms with Gasteiger partial charge in [0.1, 0.15) is 0 Å². The van der Waals surface area contributed by atoms with Crippen LogP contribution in [-0.2, 0) is 4.79 Å². The van der Waals surface area contributed by atoms with Gasteiger partial charge in [-0.25, -0.2) is 4.79 Å². The smallest absolute Gasteiger partial charge is 0.327 e. The number of benzene rings is 1. The number of carboxylic acids is 1. The van der Waals surface area contributed by atoms with Crippen LogP contribution >= 0.6 is 0 Å². The Morgan fingerprint density at radius 1 is 1.31 bits per heavy atom. The molecule has 0 aromatic heterocycles. The zero-order chi connectivity index (χ0) is 10.1. The lowest BCUT2D eigenvalue weighted by Gasteiger charge is -1.82. The minimum absolute atomic E-state index is 0.891. The van der Waals surface area contributed by atoms with Gasteiger partial charge in [-0.2, -0.15) is 0 Å². The lowest BCUT2D eigenvalue weighted by atomic mass is 10.2. The molecule has 70 valence electrons. The van der Waals surface area contributed by atoms with Crippen molar-refractivity contribution in [3.8, 4) is 0 Å². The molecule has 2 nitrogen and oxygen atoms in total. The number of hydrogen-bond acceptors (Lipinski definition) is 1. The first kappa shape index (κ1) is 11.4. The summed E-state index contributed by atoms with van der Waals surface area (Å²) in [5, 5.41) is 7.83. The van der Waals surface area contributed by atoms with Crippen LogP contribution in [0.25, 0.3) is 0 Å². The zero-order valence-electron chi connectivity index (χ0n) is 7.90. The highest BCUT2D eigenvalue weighted by Crippen LogP contribution is 1.92. The summed E-state index contributed by atoms with van der Waals surface area (Å²) < 4.78 is 0. The Morgan fingerprint density at radius 3 is 2.00 bits per heavy atom. The zero-order valence-corrected chi connectivity index (χ0v) is 7.90. The minimum Gasteiger partial charge on any atom is -0.478 e. The predicted octanol–water partition coefficient (Wildman–Crippen LogP) is 2.64. The Morgan fingerprint density at radius 2 is 1.85 bits per heavy atom. The van der Waals surface area contributed by atoms with Gasteiger partial charge in [0.05, 0.1) is 0 Å². The van der Waals surface area contributed by atoms with Gasteiger partial charge < -0.3 is 5.11 Å². The maximum atomic E-state index is 9.51. The van der Waals surface area contributed by atoms with Gasteiger partial charge >= 0.3 is 5.97 Å². The highest BCUT2D eigenvalue weighted by molar-refractivity contribution is 5.79. The molecule has 0 saturated carbocycles. The standard InChI is InChI=1S/C7H8.C4H6O2/c1-7-5-3-2-4-6-7;1-2-3-4(5)6/h2-6H,1H3;2-3H,1H3,(H,5,6). The van der Waals surface area contributed by atoms with Crippen molar-refractivity contribution < 1.29 is 9.90 Å². The van der Waals surface area contributed by atoms with Crippen LogP contribution in [0.15, 0.2) is 42.5 Å². The number of carbonyl (C=O) groups is 1. The molecule has 0 unspecified atom stereocenters. The van der Waals surface area contributed by atoms with Crippen molar-refractivity contribution in [3.05, 3.63) is 48.0 Å². The largest absolute Gasteiger partial charge is 0.478 e. The molecule has 0 fully saturated rings. The molecule has 0 aliphatic rings. The average molecular weight is 178 g/mol. The third-order valence-corrected chi connectivity index (χ3v) is 1.25. The summed E-state index contributed by atoms with van der Waals surface area (Å²) in [5.41, 5.74) is 1.32. The van der Waals surface area contributed by atoms with Crippen molar-refractivity contribution in [2.24, 2.45) is 0 Å². The number of rotatable bonds is 1. The second kappa shape index (κ2) is 7.10. The highest BCUT2D eigenvalue weighted by atomic mass is 16.4. The number of aryl methyl sites for hydroxylation is 1. The second-order valence-electron chi connectivity index (χ2n) is 2.49. The van der Waals surface area contributed by atoms with Crippen molar-refractivity contribution in [2.45, 2.75) is 13.8 Å². The second-order valence-corrected chi connectivity index (χ2v) is 2.49. The van der Waals surface area contributed by atoms with Crippen LogP contribution in [-0.4, -0.2) is 11.1 Å². The minimum atomic E-state index is -0.891. The van der Waals surface area contributed by atoms with E-state index >= 15 is 0 Å². The Balaban J connectivity index is 0.000000226. The van der Waals surface area contributed by atoms with Crippen molar-refractivity contribution in [1.82, 2.24) is 0 Å². The van der Waals surface area contributed by atoms with Gasteiger partial charge in [-0.15, -0.1) is 0 Å². The van der Waals surface area contributed by atoms with Crippen LogP contribution in [0.3, 0.4) is 0 Å². The van der Waals surface area contributed by atoms with E-state index in [1.165, 1.54) is 11.6 Å². The van der Waals surface area contributed by atoms with Gasteiger partial charge in [-0.1, -0.05) is 42.0 Å². The van der Waals surface area contributed by atoms with Crippen LogP contribution in [0.5, 0.6) is 0 Å². The Kier molecular flexibility index (Phi) is 6.24. The van der Waals surface area contributed by atoms with Crippen molar-refractivity contribution in [1.29, 1.82) is 0 Å². The molecule has 1 aromatic rings.